The van der Waals surface area contributed by atoms with Crippen molar-refractivity contribution >= 4 is 5.91 Å². The third kappa shape index (κ3) is 3.75. The fourth-order valence-electron chi connectivity index (χ4n) is 4.27. The molecular formula is C20H26N4O3. The molecule has 0 unspecified atom stereocenters. The molecule has 0 aliphatic carbocycles. The fourth-order valence-corrected chi connectivity index (χ4v) is 4.27. The molecule has 144 valence electrons. The van der Waals surface area contributed by atoms with Crippen molar-refractivity contribution in [2.24, 2.45) is 0 Å². The van der Waals surface area contributed by atoms with Crippen molar-refractivity contribution in [1.29, 1.82) is 0 Å². The molecule has 0 radical (unpaired) electrons. The van der Waals surface area contributed by atoms with Gasteiger partial charge >= 0.3 is 0 Å². The Morgan fingerprint density at radius 2 is 2.07 bits per heavy atom. The number of carbonyl (C=O) groups is 1. The number of likely N-dealkylation sites (tertiary alicyclic amines) is 2. The third-order valence-corrected chi connectivity index (χ3v) is 5.70. The molecule has 2 atom stereocenters. The Morgan fingerprint density at radius 1 is 1.30 bits per heavy atom. The molecule has 7 heteroatoms. The lowest BCUT2D eigenvalue weighted by atomic mass is 10.0. The molecule has 0 spiro atoms. The SMILES string of the molecule is CC(=O)N1CCC(N2C[C@H](O)C[C@H]2c2nc(-c3cccc(C)c3)no2)CC1. The topological polar surface area (TPSA) is 82.7 Å². The Kier molecular flexibility index (Phi) is 4.97. The van der Waals surface area contributed by atoms with Gasteiger partial charge in [0.15, 0.2) is 0 Å². The first-order valence-corrected chi connectivity index (χ1v) is 9.61. The highest BCUT2D eigenvalue weighted by molar-refractivity contribution is 5.73. The van der Waals surface area contributed by atoms with Crippen LogP contribution < -0.4 is 0 Å². The maximum atomic E-state index is 11.6. The number of benzene rings is 1. The standard InChI is InChI=1S/C20H26N4O3/c1-13-4-3-5-15(10-13)19-21-20(27-22-19)18-11-17(26)12-24(18)16-6-8-23(9-7-16)14(2)25/h3-5,10,16-18,26H,6-9,11-12H2,1-2H3/t17-,18+/m1/s1. The van der Waals surface area contributed by atoms with Crippen LogP contribution in [0.1, 0.15) is 43.7 Å². The average Bonchev–Trinajstić information content (AvgIpc) is 3.28. The van der Waals surface area contributed by atoms with Crippen molar-refractivity contribution in [2.75, 3.05) is 19.6 Å². The van der Waals surface area contributed by atoms with Gasteiger partial charge < -0.3 is 14.5 Å². The van der Waals surface area contributed by atoms with Crippen LogP contribution in [0.15, 0.2) is 28.8 Å². The highest BCUT2D eigenvalue weighted by Crippen LogP contribution is 2.36. The van der Waals surface area contributed by atoms with E-state index in [1.54, 1.807) is 6.92 Å². The third-order valence-electron chi connectivity index (χ3n) is 5.70. The second kappa shape index (κ2) is 7.40. The minimum absolute atomic E-state index is 0.0695. The Balaban J connectivity index is 1.51. The second-order valence-corrected chi connectivity index (χ2v) is 7.67. The number of aromatic nitrogens is 2. The van der Waals surface area contributed by atoms with Crippen molar-refractivity contribution in [3.8, 4) is 11.4 Å². The molecule has 1 N–H and O–H groups in total. The van der Waals surface area contributed by atoms with Crippen LogP contribution in [0.2, 0.25) is 0 Å². The largest absolute Gasteiger partial charge is 0.392 e. The molecule has 1 amide bonds. The van der Waals surface area contributed by atoms with E-state index in [2.05, 4.69) is 15.0 Å². The molecule has 27 heavy (non-hydrogen) atoms. The van der Waals surface area contributed by atoms with Gasteiger partial charge in [0.2, 0.25) is 17.6 Å². The summed E-state index contributed by atoms with van der Waals surface area (Å²) in [5, 5.41) is 14.4. The number of piperidine rings is 1. The first kappa shape index (κ1) is 18.1. The van der Waals surface area contributed by atoms with Crippen molar-refractivity contribution in [3.63, 3.8) is 0 Å². The predicted molar refractivity (Wildman–Crippen MR) is 99.8 cm³/mol. The number of carbonyl (C=O) groups excluding carboxylic acids is 1. The zero-order valence-corrected chi connectivity index (χ0v) is 15.8. The van der Waals surface area contributed by atoms with E-state index in [1.165, 1.54) is 0 Å². The number of aliphatic hydroxyl groups excluding tert-OH is 1. The molecule has 2 fully saturated rings. The van der Waals surface area contributed by atoms with E-state index in [0.717, 1.165) is 37.1 Å². The highest BCUT2D eigenvalue weighted by Gasteiger charge is 2.40. The number of amides is 1. The van der Waals surface area contributed by atoms with Crippen LogP contribution in [0.4, 0.5) is 0 Å². The fraction of sp³-hybridized carbons (Fsp3) is 0.550. The minimum Gasteiger partial charge on any atom is -0.392 e. The quantitative estimate of drug-likeness (QED) is 0.892. The summed E-state index contributed by atoms with van der Waals surface area (Å²) >= 11 is 0. The first-order chi connectivity index (χ1) is 13.0. The Labute approximate surface area is 159 Å². The molecule has 7 nitrogen and oxygen atoms in total. The van der Waals surface area contributed by atoms with Crippen molar-refractivity contribution in [1.82, 2.24) is 19.9 Å². The first-order valence-electron chi connectivity index (χ1n) is 9.61. The van der Waals surface area contributed by atoms with Gasteiger partial charge in [-0.3, -0.25) is 9.69 Å². The molecular weight excluding hydrogens is 344 g/mol. The summed E-state index contributed by atoms with van der Waals surface area (Å²) in [6.45, 7) is 5.79. The van der Waals surface area contributed by atoms with E-state index in [4.69, 9.17) is 4.52 Å². The molecule has 2 aliphatic rings. The molecule has 1 aromatic heterocycles. The summed E-state index contributed by atoms with van der Waals surface area (Å²) in [5.74, 6) is 1.28. The number of nitrogens with zero attached hydrogens (tertiary/aromatic N) is 4. The van der Waals surface area contributed by atoms with Gasteiger partial charge in [-0.2, -0.15) is 4.98 Å². The zero-order chi connectivity index (χ0) is 19.0. The molecule has 3 heterocycles. The van der Waals surface area contributed by atoms with Gasteiger partial charge in [-0.05, 0) is 32.3 Å². The molecule has 2 saturated heterocycles. The van der Waals surface area contributed by atoms with Crippen molar-refractivity contribution in [2.45, 2.75) is 51.3 Å². The summed E-state index contributed by atoms with van der Waals surface area (Å²) in [6.07, 6.45) is 2.02. The van der Waals surface area contributed by atoms with Crippen LogP contribution in [-0.2, 0) is 4.79 Å². The lowest BCUT2D eigenvalue weighted by molar-refractivity contribution is -0.130. The lowest BCUT2D eigenvalue weighted by Crippen LogP contribution is -2.46. The Morgan fingerprint density at radius 3 is 2.78 bits per heavy atom. The normalized spacial score (nSPS) is 24.5. The van der Waals surface area contributed by atoms with E-state index in [9.17, 15) is 9.90 Å². The van der Waals surface area contributed by atoms with Crippen LogP contribution in [-0.4, -0.2) is 62.7 Å². The molecule has 2 aliphatic heterocycles. The van der Waals surface area contributed by atoms with Gasteiger partial charge in [0.1, 0.15) is 0 Å². The maximum absolute atomic E-state index is 11.6. The van der Waals surface area contributed by atoms with E-state index >= 15 is 0 Å². The number of rotatable bonds is 3. The summed E-state index contributed by atoms with van der Waals surface area (Å²) < 4.78 is 5.59. The smallest absolute Gasteiger partial charge is 0.244 e. The van der Waals surface area contributed by atoms with Crippen LogP contribution in [0.3, 0.4) is 0 Å². The van der Waals surface area contributed by atoms with Gasteiger partial charge in [0.25, 0.3) is 0 Å². The maximum Gasteiger partial charge on any atom is 0.244 e. The van der Waals surface area contributed by atoms with E-state index in [-0.39, 0.29) is 11.9 Å². The highest BCUT2D eigenvalue weighted by atomic mass is 16.5. The van der Waals surface area contributed by atoms with Crippen molar-refractivity contribution in [3.05, 3.63) is 35.7 Å². The monoisotopic (exact) mass is 370 g/mol. The van der Waals surface area contributed by atoms with Gasteiger partial charge in [-0.1, -0.05) is 28.9 Å². The Hall–Kier alpha value is -2.25. The number of aryl methyl sites for hydroxylation is 1. The number of hydrogen-bond donors (Lipinski definition) is 1. The Bertz CT molecular complexity index is 813. The molecule has 4 rings (SSSR count). The van der Waals surface area contributed by atoms with Crippen molar-refractivity contribution < 1.29 is 14.4 Å². The van der Waals surface area contributed by atoms with Crippen LogP contribution in [0.5, 0.6) is 0 Å². The molecule has 0 saturated carbocycles. The number of β-amino-alcohol motifs (C(OH)–C–C–N with tert-alkyl or cyclic N) is 1. The van der Waals surface area contributed by atoms with Crippen LogP contribution in [0, 0.1) is 6.92 Å². The summed E-state index contributed by atoms with van der Waals surface area (Å²) in [4.78, 5) is 20.4. The van der Waals surface area contributed by atoms with Gasteiger partial charge in [0, 0.05) is 38.2 Å². The van der Waals surface area contributed by atoms with E-state index in [0.29, 0.717) is 30.7 Å². The van der Waals surface area contributed by atoms with Crippen LogP contribution in [0.25, 0.3) is 11.4 Å². The lowest BCUT2D eigenvalue weighted by Gasteiger charge is -2.38. The zero-order valence-electron chi connectivity index (χ0n) is 15.8. The second-order valence-electron chi connectivity index (χ2n) is 7.67. The van der Waals surface area contributed by atoms with Gasteiger partial charge in [-0.25, -0.2) is 0 Å². The number of hydrogen-bond acceptors (Lipinski definition) is 6. The number of aliphatic hydroxyl groups is 1. The molecule has 1 aromatic carbocycles. The summed E-state index contributed by atoms with van der Waals surface area (Å²) in [7, 11) is 0. The van der Waals surface area contributed by atoms with Crippen LogP contribution >= 0.6 is 0 Å². The van der Waals surface area contributed by atoms with E-state index < -0.39 is 6.10 Å². The molecule has 0 bridgehead atoms. The summed E-state index contributed by atoms with van der Waals surface area (Å²) in [5.41, 5.74) is 2.08. The molecule has 2 aromatic rings. The van der Waals surface area contributed by atoms with Gasteiger partial charge in [-0.15, -0.1) is 0 Å². The minimum atomic E-state index is -0.393. The average molecular weight is 370 g/mol. The summed E-state index contributed by atoms with van der Waals surface area (Å²) in [6, 6.07) is 8.27. The predicted octanol–water partition coefficient (Wildman–Crippen LogP) is 2.16. The van der Waals surface area contributed by atoms with Gasteiger partial charge in [0.05, 0.1) is 12.1 Å². The van der Waals surface area contributed by atoms with E-state index in [1.807, 2.05) is 36.1 Å².